The van der Waals surface area contributed by atoms with Gasteiger partial charge in [-0.15, -0.1) is 0 Å². The van der Waals surface area contributed by atoms with Crippen LogP contribution in [0.15, 0.2) is 23.4 Å². The van der Waals surface area contributed by atoms with Gasteiger partial charge >= 0.3 is 0 Å². The van der Waals surface area contributed by atoms with E-state index in [1.54, 1.807) is 12.3 Å². The van der Waals surface area contributed by atoms with Crippen LogP contribution >= 0.6 is 0 Å². The molecule has 3 saturated carbocycles. The van der Waals surface area contributed by atoms with Crippen molar-refractivity contribution in [3.8, 4) is 0 Å². The standard InChI is InChI=1S/C22H27NO3/c1-21-10-19(26)20-16(17(21)7-5-15(21)11-23-3)6-4-14-8-18(25)13(12-24)9-22(14,20)2/h8,11,13,16-17,20,24H,4-7,9-10,12H2,1-2H3/b15-11-/t13-,16+,17+,20-,21-,22+/m1/s1. The molecule has 0 aliphatic heterocycles. The largest absolute Gasteiger partial charge is 0.396 e. The van der Waals surface area contributed by atoms with E-state index in [4.69, 9.17) is 6.57 Å². The molecular formula is C22H27NO3. The summed E-state index contributed by atoms with van der Waals surface area (Å²) in [5, 5.41) is 9.64. The smallest absolute Gasteiger partial charge is 0.161 e. The predicted molar refractivity (Wildman–Crippen MR) is 97.7 cm³/mol. The van der Waals surface area contributed by atoms with Gasteiger partial charge < -0.3 is 5.11 Å². The Balaban J connectivity index is 1.75. The van der Waals surface area contributed by atoms with Crippen LogP contribution in [-0.2, 0) is 9.59 Å². The Labute approximate surface area is 155 Å². The zero-order valence-electron chi connectivity index (χ0n) is 15.6. The van der Waals surface area contributed by atoms with Gasteiger partial charge in [0, 0.05) is 18.3 Å². The highest BCUT2D eigenvalue weighted by Gasteiger charge is 2.61. The molecule has 0 unspecified atom stereocenters. The summed E-state index contributed by atoms with van der Waals surface area (Å²) in [4.78, 5) is 29.1. The van der Waals surface area contributed by atoms with E-state index >= 15 is 0 Å². The van der Waals surface area contributed by atoms with E-state index in [1.165, 1.54) is 0 Å². The van der Waals surface area contributed by atoms with Gasteiger partial charge in [-0.25, -0.2) is 4.85 Å². The minimum atomic E-state index is -0.371. The number of allylic oxidation sites excluding steroid dienone is 2. The summed E-state index contributed by atoms with van der Waals surface area (Å²) < 4.78 is 0. The van der Waals surface area contributed by atoms with Crippen LogP contribution in [0.5, 0.6) is 0 Å². The average molecular weight is 353 g/mol. The monoisotopic (exact) mass is 353 g/mol. The Morgan fingerprint density at radius 1 is 1.27 bits per heavy atom. The third-order valence-electron chi connectivity index (χ3n) is 8.11. The van der Waals surface area contributed by atoms with Gasteiger partial charge in [-0.05, 0) is 60.8 Å². The van der Waals surface area contributed by atoms with E-state index in [9.17, 15) is 14.7 Å². The van der Waals surface area contributed by atoms with Crippen molar-refractivity contribution in [3.05, 3.63) is 34.8 Å². The first kappa shape index (κ1) is 17.7. The fourth-order valence-corrected chi connectivity index (χ4v) is 6.87. The molecule has 1 N–H and O–H groups in total. The number of fused-ring (bicyclic) bond motifs is 5. The molecule has 4 nitrogen and oxygen atoms in total. The zero-order valence-corrected chi connectivity index (χ0v) is 15.6. The van der Waals surface area contributed by atoms with Crippen LogP contribution in [0, 0.1) is 41.1 Å². The number of rotatable bonds is 1. The lowest BCUT2D eigenvalue weighted by Gasteiger charge is -2.57. The van der Waals surface area contributed by atoms with Crippen LogP contribution < -0.4 is 0 Å². The van der Waals surface area contributed by atoms with Crippen molar-refractivity contribution in [3.63, 3.8) is 0 Å². The summed E-state index contributed by atoms with van der Waals surface area (Å²) in [5.74, 6) is 0.675. The van der Waals surface area contributed by atoms with Crippen LogP contribution in [0.1, 0.15) is 52.4 Å². The first-order valence-electron chi connectivity index (χ1n) is 9.79. The number of ketones is 2. The van der Waals surface area contributed by atoms with Crippen LogP contribution in [0.4, 0.5) is 0 Å². The molecule has 4 heteroatoms. The number of carbonyl (C=O) groups excluding carboxylic acids is 2. The molecule has 3 fully saturated rings. The average Bonchev–Trinajstić information content (AvgIpc) is 2.91. The summed E-state index contributed by atoms with van der Waals surface area (Å²) >= 11 is 0. The molecule has 0 aromatic heterocycles. The summed E-state index contributed by atoms with van der Waals surface area (Å²) in [5.41, 5.74) is 1.82. The van der Waals surface area contributed by atoms with Gasteiger partial charge in [0.25, 0.3) is 0 Å². The van der Waals surface area contributed by atoms with E-state index in [0.29, 0.717) is 30.5 Å². The maximum Gasteiger partial charge on any atom is 0.161 e. The Morgan fingerprint density at radius 3 is 2.73 bits per heavy atom. The van der Waals surface area contributed by atoms with Crippen molar-refractivity contribution in [1.82, 2.24) is 0 Å². The molecule has 4 aliphatic rings. The van der Waals surface area contributed by atoms with Gasteiger partial charge in [0.15, 0.2) is 12.0 Å². The molecule has 26 heavy (non-hydrogen) atoms. The molecule has 4 aliphatic carbocycles. The van der Waals surface area contributed by atoms with Crippen molar-refractivity contribution < 1.29 is 14.7 Å². The molecule has 4 rings (SSSR count). The number of hydrogen-bond donors (Lipinski definition) is 1. The molecule has 0 aromatic rings. The highest BCUT2D eigenvalue weighted by Crippen LogP contribution is 2.65. The van der Waals surface area contributed by atoms with E-state index in [0.717, 1.165) is 36.8 Å². The Hall–Kier alpha value is -1.73. The van der Waals surface area contributed by atoms with Crippen molar-refractivity contribution in [2.45, 2.75) is 52.4 Å². The van der Waals surface area contributed by atoms with E-state index in [2.05, 4.69) is 18.7 Å². The number of nitrogens with zero attached hydrogens (tertiary/aromatic N) is 1. The molecule has 138 valence electrons. The Kier molecular flexibility index (Phi) is 4.00. The first-order valence-corrected chi connectivity index (χ1v) is 9.79. The summed E-state index contributed by atoms with van der Waals surface area (Å²) in [7, 11) is 0. The molecule has 0 saturated heterocycles. The second-order valence-corrected chi connectivity index (χ2v) is 9.24. The second-order valence-electron chi connectivity index (χ2n) is 9.24. The number of carbonyl (C=O) groups is 2. The molecule has 0 radical (unpaired) electrons. The summed E-state index contributed by atoms with van der Waals surface area (Å²) in [6.45, 7) is 11.4. The zero-order chi connectivity index (χ0) is 18.7. The minimum Gasteiger partial charge on any atom is -0.396 e. The van der Waals surface area contributed by atoms with Crippen LogP contribution in [0.3, 0.4) is 0 Å². The van der Waals surface area contributed by atoms with Gasteiger partial charge in [-0.2, -0.15) is 0 Å². The third kappa shape index (κ3) is 2.23. The Bertz CT molecular complexity index is 773. The van der Waals surface area contributed by atoms with E-state index in [1.807, 2.05) is 0 Å². The van der Waals surface area contributed by atoms with E-state index < -0.39 is 0 Å². The summed E-state index contributed by atoms with van der Waals surface area (Å²) in [6.07, 6.45) is 8.33. The second kappa shape index (κ2) is 5.89. The number of aliphatic hydroxyl groups is 1. The highest BCUT2D eigenvalue weighted by atomic mass is 16.3. The first-order chi connectivity index (χ1) is 12.3. The fourth-order valence-electron chi connectivity index (χ4n) is 6.87. The van der Waals surface area contributed by atoms with Gasteiger partial charge in [0.2, 0.25) is 0 Å². The van der Waals surface area contributed by atoms with Gasteiger partial charge in [0.1, 0.15) is 5.78 Å². The van der Waals surface area contributed by atoms with Crippen molar-refractivity contribution >= 4 is 11.6 Å². The Morgan fingerprint density at radius 2 is 2.04 bits per heavy atom. The highest BCUT2D eigenvalue weighted by molar-refractivity contribution is 5.95. The van der Waals surface area contributed by atoms with Crippen molar-refractivity contribution in [2.75, 3.05) is 6.61 Å². The lowest BCUT2D eigenvalue weighted by molar-refractivity contribution is -0.144. The van der Waals surface area contributed by atoms with Crippen LogP contribution in [-0.4, -0.2) is 23.3 Å². The number of hydrogen-bond acceptors (Lipinski definition) is 3. The van der Waals surface area contributed by atoms with Crippen LogP contribution in [0.2, 0.25) is 0 Å². The van der Waals surface area contributed by atoms with Gasteiger partial charge in [-0.1, -0.05) is 25.0 Å². The predicted octanol–water partition coefficient (Wildman–Crippen LogP) is 3.72. The van der Waals surface area contributed by atoms with Gasteiger partial charge in [-0.3, -0.25) is 9.59 Å². The molecule has 6 atom stereocenters. The molecular weight excluding hydrogens is 326 g/mol. The molecule has 0 amide bonds. The fraction of sp³-hybridized carbons (Fsp3) is 0.682. The number of Topliss-reactive ketones (excluding diaryl/α,β-unsaturated/α-hetero) is 1. The number of aliphatic hydroxyl groups excluding tert-OH is 1. The van der Waals surface area contributed by atoms with Crippen LogP contribution in [0.25, 0.3) is 4.85 Å². The van der Waals surface area contributed by atoms with Gasteiger partial charge in [0.05, 0.1) is 13.2 Å². The maximum absolute atomic E-state index is 13.4. The molecule has 0 spiro atoms. The SMILES string of the molecule is [C-]#[N+]/C=C1/CC[C@H]2[C@@H]3CCC4=CC(=O)[C@@H](CO)C[C@]4(C)[C@H]3C(=O)C[C@]12C. The molecule has 0 aromatic carbocycles. The summed E-state index contributed by atoms with van der Waals surface area (Å²) in [6, 6.07) is 0. The molecule has 0 bridgehead atoms. The minimum absolute atomic E-state index is 0.0228. The van der Waals surface area contributed by atoms with Crippen molar-refractivity contribution in [1.29, 1.82) is 0 Å². The van der Waals surface area contributed by atoms with Crippen molar-refractivity contribution in [2.24, 2.45) is 34.5 Å². The lowest BCUT2D eigenvalue weighted by atomic mass is 9.46. The maximum atomic E-state index is 13.4. The van der Waals surface area contributed by atoms with E-state index in [-0.39, 0.29) is 35.1 Å². The lowest BCUT2D eigenvalue weighted by Crippen LogP contribution is -2.55. The quantitative estimate of drug-likeness (QED) is 0.731. The molecule has 0 heterocycles. The topological polar surface area (TPSA) is 58.7 Å². The normalized spacial score (nSPS) is 46.2. The third-order valence-corrected chi connectivity index (χ3v) is 8.11.